The Labute approximate surface area is 98.9 Å². The van der Waals surface area contributed by atoms with Gasteiger partial charge in [-0.25, -0.2) is 8.37 Å². The maximum atomic E-state index is 10.9. The molecule has 0 spiro atoms. The molecule has 0 aromatic carbocycles. The summed E-state index contributed by atoms with van der Waals surface area (Å²) in [5, 5.41) is 0. The van der Waals surface area contributed by atoms with Crippen LogP contribution in [-0.2, 0) is 18.8 Å². The van der Waals surface area contributed by atoms with Gasteiger partial charge in [0.15, 0.2) is 0 Å². The van der Waals surface area contributed by atoms with Crippen LogP contribution in [0.5, 0.6) is 0 Å². The Morgan fingerprint density at radius 2 is 1.29 bits per heavy atom. The van der Waals surface area contributed by atoms with Crippen molar-refractivity contribution in [1.29, 1.82) is 0 Å². The van der Waals surface area contributed by atoms with E-state index < -0.39 is 10.4 Å². The molecule has 6 heteroatoms. The summed E-state index contributed by atoms with van der Waals surface area (Å²) >= 11 is 0. The third-order valence-electron chi connectivity index (χ3n) is 1.45. The second kappa shape index (κ2) is 10.0. The molecule has 0 aliphatic heterocycles. The monoisotopic (exact) mass is 218 g/mol. The zero-order valence-corrected chi connectivity index (χ0v) is 9.10. The fourth-order valence-corrected chi connectivity index (χ4v) is 1.36. The van der Waals surface area contributed by atoms with E-state index in [4.69, 9.17) is 0 Å². The maximum absolute atomic E-state index is 10.9. The van der Waals surface area contributed by atoms with Crippen LogP contribution in [-0.4, -0.2) is 40.5 Å². The molecule has 82 valence electrons. The summed E-state index contributed by atoms with van der Waals surface area (Å²) in [6.07, 6.45) is 3.28. The van der Waals surface area contributed by atoms with Gasteiger partial charge in [-0.2, -0.15) is 8.42 Å². The third kappa shape index (κ3) is 10.5. The molecule has 0 fully saturated rings. The molecular weight excluding hydrogens is 199 g/mol. The van der Waals surface area contributed by atoms with Gasteiger partial charge in [-0.15, -0.1) is 0 Å². The van der Waals surface area contributed by atoms with Gasteiger partial charge in [0, 0.05) is 0 Å². The van der Waals surface area contributed by atoms with Crippen LogP contribution >= 0.6 is 0 Å². The Bertz CT molecular complexity index is 187. The second-order valence-corrected chi connectivity index (χ2v) is 4.05. The Morgan fingerprint density at radius 1 is 0.929 bits per heavy atom. The number of hydrogen-bond donors (Lipinski definition) is 0. The summed E-state index contributed by atoms with van der Waals surface area (Å²) in [5.74, 6) is 0. The molecule has 4 nitrogen and oxygen atoms in total. The summed E-state index contributed by atoms with van der Waals surface area (Å²) in [6.45, 7) is 4.36. The molecule has 0 aromatic rings. The van der Waals surface area contributed by atoms with E-state index >= 15 is 0 Å². The van der Waals surface area contributed by atoms with Gasteiger partial charge >= 0.3 is 29.3 Å². The molecular formula is C8H19LiO4S. The third-order valence-corrected chi connectivity index (χ3v) is 2.36. The molecule has 0 atom stereocenters. The van der Waals surface area contributed by atoms with Crippen molar-refractivity contribution in [2.75, 3.05) is 13.2 Å². The molecule has 0 radical (unpaired) electrons. The normalized spacial score (nSPS) is 11.0. The van der Waals surface area contributed by atoms with Gasteiger partial charge in [0.2, 0.25) is 0 Å². The zero-order chi connectivity index (χ0) is 10.2. The van der Waals surface area contributed by atoms with E-state index in [1.165, 1.54) is 0 Å². The van der Waals surface area contributed by atoms with Gasteiger partial charge in [-0.05, 0) is 12.8 Å². The van der Waals surface area contributed by atoms with E-state index in [0.717, 1.165) is 25.7 Å². The average molecular weight is 218 g/mol. The van der Waals surface area contributed by atoms with Crippen LogP contribution in [0.3, 0.4) is 0 Å². The van der Waals surface area contributed by atoms with E-state index in [-0.39, 0.29) is 32.1 Å². The van der Waals surface area contributed by atoms with Gasteiger partial charge in [-0.3, -0.25) is 0 Å². The van der Waals surface area contributed by atoms with Crippen LogP contribution < -0.4 is 0 Å². The van der Waals surface area contributed by atoms with Crippen molar-refractivity contribution >= 4 is 29.3 Å². The quantitative estimate of drug-likeness (QED) is 0.454. The molecule has 0 aliphatic rings. The van der Waals surface area contributed by atoms with Gasteiger partial charge in [-0.1, -0.05) is 26.7 Å². The van der Waals surface area contributed by atoms with Gasteiger partial charge in [0.05, 0.1) is 13.2 Å². The first kappa shape index (κ1) is 16.9. The van der Waals surface area contributed by atoms with Crippen LogP contribution in [0.4, 0.5) is 0 Å². The Morgan fingerprint density at radius 3 is 1.57 bits per heavy atom. The topological polar surface area (TPSA) is 52.6 Å². The standard InChI is InChI=1S/C8H18O4S.Li.H/c1-3-5-7-11-13(9,10)12-8-6-4-2;;/h3-8H2,1-2H3;;. The molecule has 0 unspecified atom stereocenters. The summed E-state index contributed by atoms with van der Waals surface area (Å²) < 4.78 is 31.0. The summed E-state index contributed by atoms with van der Waals surface area (Å²) in [5.41, 5.74) is 0. The molecule has 0 saturated carbocycles. The predicted molar refractivity (Wildman–Crippen MR) is 57.8 cm³/mol. The molecule has 0 heterocycles. The first-order chi connectivity index (χ1) is 6.12. The minimum atomic E-state index is -3.73. The average Bonchev–Trinajstić information content (AvgIpc) is 2.05. The Kier molecular flexibility index (Phi) is 12.1. The fourth-order valence-electron chi connectivity index (χ4n) is 0.645. The van der Waals surface area contributed by atoms with Crippen LogP contribution in [0.25, 0.3) is 0 Å². The van der Waals surface area contributed by atoms with Crippen molar-refractivity contribution < 1.29 is 16.8 Å². The van der Waals surface area contributed by atoms with Gasteiger partial charge in [0.25, 0.3) is 0 Å². The van der Waals surface area contributed by atoms with E-state index in [9.17, 15) is 8.42 Å². The van der Waals surface area contributed by atoms with E-state index in [0.29, 0.717) is 0 Å². The van der Waals surface area contributed by atoms with Gasteiger partial charge < -0.3 is 0 Å². The predicted octanol–water partition coefficient (Wildman–Crippen LogP) is 1.22. The first-order valence-electron chi connectivity index (χ1n) is 4.66. The second-order valence-electron chi connectivity index (χ2n) is 2.76. The molecule has 0 saturated heterocycles. The summed E-state index contributed by atoms with van der Waals surface area (Å²) in [4.78, 5) is 0. The molecule has 0 amide bonds. The van der Waals surface area contributed by atoms with Gasteiger partial charge in [0.1, 0.15) is 0 Å². The van der Waals surface area contributed by atoms with Crippen LogP contribution in [0.15, 0.2) is 0 Å². The zero-order valence-electron chi connectivity index (χ0n) is 8.28. The van der Waals surface area contributed by atoms with E-state index in [2.05, 4.69) is 8.37 Å². The van der Waals surface area contributed by atoms with Crippen molar-refractivity contribution in [2.24, 2.45) is 0 Å². The van der Waals surface area contributed by atoms with Crippen molar-refractivity contribution in [3.05, 3.63) is 0 Å². The molecule has 14 heavy (non-hydrogen) atoms. The fraction of sp³-hybridized carbons (Fsp3) is 1.00. The van der Waals surface area contributed by atoms with Crippen molar-refractivity contribution in [3.63, 3.8) is 0 Å². The SMILES string of the molecule is CCCCOS(=O)(=O)OCCCC.[LiH]. The number of hydrogen-bond acceptors (Lipinski definition) is 4. The molecule has 0 bridgehead atoms. The molecule has 0 rings (SSSR count). The first-order valence-corrected chi connectivity index (χ1v) is 5.99. The number of rotatable bonds is 8. The minimum absolute atomic E-state index is 0. The number of unbranched alkanes of at least 4 members (excludes halogenated alkanes) is 2. The summed E-state index contributed by atoms with van der Waals surface area (Å²) in [6, 6.07) is 0. The van der Waals surface area contributed by atoms with Crippen LogP contribution in [0.1, 0.15) is 39.5 Å². The van der Waals surface area contributed by atoms with Crippen LogP contribution in [0.2, 0.25) is 0 Å². The van der Waals surface area contributed by atoms with Crippen LogP contribution in [0, 0.1) is 0 Å². The Hall–Kier alpha value is 0.467. The van der Waals surface area contributed by atoms with E-state index in [1.807, 2.05) is 13.8 Å². The summed E-state index contributed by atoms with van der Waals surface area (Å²) in [7, 11) is -3.73. The van der Waals surface area contributed by atoms with Crippen molar-refractivity contribution in [3.8, 4) is 0 Å². The molecule has 0 aliphatic carbocycles. The Balaban J connectivity index is 0. The van der Waals surface area contributed by atoms with E-state index in [1.54, 1.807) is 0 Å². The van der Waals surface area contributed by atoms with Crippen molar-refractivity contribution in [1.82, 2.24) is 0 Å². The van der Waals surface area contributed by atoms with Crippen molar-refractivity contribution in [2.45, 2.75) is 39.5 Å². The molecule has 0 aromatic heterocycles. The molecule has 0 N–H and O–H groups in total.